The van der Waals surface area contributed by atoms with Gasteiger partial charge in [0.15, 0.2) is 5.76 Å². The standard InChI is InChI=1S/C28H24ClN3O3/c1-15-12-18(26-30-14-34-32-26)8-11-20(15)23-22(17-6-9-19(29)10-7-17)13-21-16(2)24(35-27(21)31-23)25(33)28(3,4)5/h6-14H,1-5H3. The predicted molar refractivity (Wildman–Crippen MR) is 136 cm³/mol. The smallest absolute Gasteiger partial charge is 0.227 e. The lowest BCUT2D eigenvalue weighted by molar-refractivity contribution is 0.0829. The average Bonchev–Trinajstić information content (AvgIpc) is 3.46. The molecule has 3 heterocycles. The lowest BCUT2D eigenvalue weighted by Crippen LogP contribution is -2.20. The van der Waals surface area contributed by atoms with E-state index in [1.54, 1.807) is 0 Å². The number of nitrogens with zero attached hydrogens (tertiary/aromatic N) is 3. The van der Waals surface area contributed by atoms with Crippen molar-refractivity contribution in [2.75, 3.05) is 0 Å². The Balaban J connectivity index is 1.75. The van der Waals surface area contributed by atoms with Crippen LogP contribution in [0.1, 0.15) is 42.5 Å². The van der Waals surface area contributed by atoms with E-state index in [9.17, 15) is 4.79 Å². The van der Waals surface area contributed by atoms with Crippen LogP contribution in [-0.4, -0.2) is 20.9 Å². The number of hydrogen-bond donors (Lipinski definition) is 0. The van der Waals surface area contributed by atoms with Gasteiger partial charge in [-0.25, -0.2) is 4.98 Å². The van der Waals surface area contributed by atoms with E-state index in [4.69, 9.17) is 25.5 Å². The average molecular weight is 486 g/mol. The number of hydrogen-bond acceptors (Lipinski definition) is 6. The summed E-state index contributed by atoms with van der Waals surface area (Å²) in [7, 11) is 0. The van der Waals surface area contributed by atoms with Gasteiger partial charge in [0.2, 0.25) is 23.7 Å². The minimum absolute atomic E-state index is 0.0526. The Morgan fingerprint density at radius 2 is 1.66 bits per heavy atom. The second kappa shape index (κ2) is 8.47. The third kappa shape index (κ3) is 4.15. The van der Waals surface area contributed by atoms with Crippen molar-refractivity contribution in [2.24, 2.45) is 5.41 Å². The largest absolute Gasteiger partial charge is 0.434 e. The highest BCUT2D eigenvalue weighted by atomic mass is 35.5. The number of carbonyl (C=O) groups excluding carboxylic acids is 1. The maximum atomic E-state index is 13.1. The molecule has 7 heteroatoms. The number of furan rings is 1. The first-order valence-corrected chi connectivity index (χ1v) is 11.6. The summed E-state index contributed by atoms with van der Waals surface area (Å²) in [6.07, 6.45) is 1.31. The van der Waals surface area contributed by atoms with Crippen LogP contribution in [0.15, 0.2) is 63.9 Å². The van der Waals surface area contributed by atoms with E-state index < -0.39 is 5.41 Å². The van der Waals surface area contributed by atoms with Crippen molar-refractivity contribution in [3.8, 4) is 33.8 Å². The van der Waals surface area contributed by atoms with Crippen molar-refractivity contribution in [2.45, 2.75) is 34.6 Å². The van der Waals surface area contributed by atoms with E-state index in [-0.39, 0.29) is 5.78 Å². The molecular weight excluding hydrogens is 462 g/mol. The Morgan fingerprint density at radius 3 is 2.29 bits per heavy atom. The molecule has 176 valence electrons. The summed E-state index contributed by atoms with van der Waals surface area (Å²) in [5.74, 6) is 0.819. The zero-order chi connectivity index (χ0) is 24.9. The summed E-state index contributed by atoms with van der Waals surface area (Å²) in [6, 6.07) is 15.6. The van der Waals surface area contributed by atoms with E-state index in [0.717, 1.165) is 44.5 Å². The van der Waals surface area contributed by atoms with Crippen LogP contribution in [-0.2, 0) is 0 Å². The second-order valence-corrected chi connectivity index (χ2v) is 10.1. The number of carbonyl (C=O) groups is 1. The number of fused-ring (bicyclic) bond motifs is 1. The number of Topliss-reactive ketones (excluding diaryl/α,β-unsaturated/α-hetero) is 1. The Hall–Kier alpha value is -3.77. The molecule has 3 aromatic heterocycles. The molecule has 0 unspecified atom stereocenters. The van der Waals surface area contributed by atoms with Crippen molar-refractivity contribution < 1.29 is 13.7 Å². The van der Waals surface area contributed by atoms with Gasteiger partial charge >= 0.3 is 0 Å². The lowest BCUT2D eigenvalue weighted by atomic mass is 9.88. The van der Waals surface area contributed by atoms with Gasteiger partial charge in [0.1, 0.15) is 0 Å². The number of benzene rings is 2. The minimum atomic E-state index is -0.567. The SMILES string of the molecule is Cc1cc(-c2ncon2)ccc1-c1nc2oc(C(=O)C(C)(C)C)c(C)c2cc1-c1ccc(Cl)cc1. The summed E-state index contributed by atoms with van der Waals surface area (Å²) in [5.41, 5.74) is 6.06. The van der Waals surface area contributed by atoms with Gasteiger partial charge in [-0.3, -0.25) is 4.79 Å². The third-order valence-corrected chi connectivity index (χ3v) is 6.33. The van der Waals surface area contributed by atoms with Gasteiger partial charge in [-0.2, -0.15) is 4.98 Å². The molecule has 0 saturated heterocycles. The maximum Gasteiger partial charge on any atom is 0.227 e. The van der Waals surface area contributed by atoms with Crippen LogP contribution in [0.25, 0.3) is 44.9 Å². The first-order chi connectivity index (χ1) is 16.6. The minimum Gasteiger partial charge on any atom is -0.434 e. The second-order valence-electron chi connectivity index (χ2n) is 9.66. The highest BCUT2D eigenvalue weighted by molar-refractivity contribution is 6.30. The summed E-state index contributed by atoms with van der Waals surface area (Å²) >= 11 is 6.16. The van der Waals surface area contributed by atoms with Crippen LogP contribution in [0, 0.1) is 19.3 Å². The summed E-state index contributed by atoms with van der Waals surface area (Å²) in [4.78, 5) is 22.1. The predicted octanol–water partition coefficient (Wildman–Crippen LogP) is 7.71. The van der Waals surface area contributed by atoms with Crippen LogP contribution in [0.2, 0.25) is 5.02 Å². The molecule has 0 radical (unpaired) electrons. The number of rotatable bonds is 4. The molecule has 2 aromatic carbocycles. The van der Waals surface area contributed by atoms with Crippen molar-refractivity contribution in [3.05, 3.63) is 76.8 Å². The summed E-state index contributed by atoms with van der Waals surface area (Å²) < 4.78 is 11.0. The number of halogens is 1. The number of aromatic nitrogens is 3. The Morgan fingerprint density at radius 1 is 0.943 bits per heavy atom. The zero-order valence-electron chi connectivity index (χ0n) is 20.1. The molecule has 0 aliphatic rings. The molecule has 0 atom stereocenters. The molecule has 0 amide bonds. The van der Waals surface area contributed by atoms with Crippen LogP contribution >= 0.6 is 11.6 Å². The highest BCUT2D eigenvalue weighted by Crippen LogP contribution is 2.39. The zero-order valence-corrected chi connectivity index (χ0v) is 20.9. The van der Waals surface area contributed by atoms with Gasteiger partial charge in [-0.05, 0) is 49.2 Å². The highest BCUT2D eigenvalue weighted by Gasteiger charge is 2.29. The van der Waals surface area contributed by atoms with Gasteiger partial charge in [-0.1, -0.05) is 61.8 Å². The van der Waals surface area contributed by atoms with E-state index >= 15 is 0 Å². The van der Waals surface area contributed by atoms with Crippen molar-refractivity contribution in [1.82, 2.24) is 15.1 Å². The number of ketones is 1. The van der Waals surface area contributed by atoms with E-state index in [1.807, 2.05) is 83.1 Å². The fourth-order valence-corrected chi connectivity index (χ4v) is 4.24. The van der Waals surface area contributed by atoms with Gasteiger partial charge < -0.3 is 8.94 Å². The van der Waals surface area contributed by atoms with E-state index in [0.29, 0.717) is 22.3 Å². The Bertz CT molecular complexity index is 1560. The van der Waals surface area contributed by atoms with Crippen molar-refractivity contribution in [1.29, 1.82) is 0 Å². The van der Waals surface area contributed by atoms with Gasteiger partial charge in [0.05, 0.1) is 5.69 Å². The summed E-state index contributed by atoms with van der Waals surface area (Å²) in [6.45, 7) is 9.57. The van der Waals surface area contributed by atoms with Crippen LogP contribution < -0.4 is 0 Å². The number of pyridine rings is 1. The fourth-order valence-electron chi connectivity index (χ4n) is 4.12. The monoisotopic (exact) mass is 485 g/mol. The molecule has 5 rings (SSSR count). The summed E-state index contributed by atoms with van der Waals surface area (Å²) in [5, 5.41) is 5.40. The van der Waals surface area contributed by atoms with Crippen molar-refractivity contribution >= 4 is 28.5 Å². The number of aryl methyl sites for hydroxylation is 2. The molecule has 6 nitrogen and oxygen atoms in total. The molecule has 0 aliphatic heterocycles. The Labute approximate surface area is 208 Å². The van der Waals surface area contributed by atoms with E-state index in [2.05, 4.69) is 10.1 Å². The molecule has 0 bridgehead atoms. The fraction of sp³-hybridized carbons (Fsp3) is 0.214. The molecule has 0 fully saturated rings. The van der Waals surface area contributed by atoms with Gasteiger partial charge in [0, 0.05) is 38.1 Å². The van der Waals surface area contributed by atoms with Crippen molar-refractivity contribution in [3.63, 3.8) is 0 Å². The maximum absolute atomic E-state index is 13.1. The third-order valence-electron chi connectivity index (χ3n) is 6.07. The van der Waals surface area contributed by atoms with Gasteiger partial charge in [-0.15, -0.1) is 0 Å². The quantitative estimate of drug-likeness (QED) is 0.242. The van der Waals surface area contributed by atoms with Crippen LogP contribution in [0.3, 0.4) is 0 Å². The van der Waals surface area contributed by atoms with Gasteiger partial charge in [0.25, 0.3) is 0 Å². The topological polar surface area (TPSA) is 82.0 Å². The lowest BCUT2D eigenvalue weighted by Gasteiger charge is -2.14. The molecule has 5 aromatic rings. The van der Waals surface area contributed by atoms with Crippen LogP contribution in [0.5, 0.6) is 0 Å². The molecule has 0 spiro atoms. The Kier molecular flexibility index (Phi) is 5.56. The molecular formula is C28H24ClN3O3. The van der Waals surface area contributed by atoms with Crippen LogP contribution in [0.4, 0.5) is 0 Å². The molecule has 35 heavy (non-hydrogen) atoms. The molecule has 0 N–H and O–H groups in total. The first-order valence-electron chi connectivity index (χ1n) is 11.3. The normalized spacial score (nSPS) is 11.8. The molecule has 0 saturated carbocycles. The molecule has 0 aliphatic carbocycles. The first kappa shape index (κ1) is 23.0. The van der Waals surface area contributed by atoms with E-state index in [1.165, 1.54) is 6.39 Å².